The number of carbonyl (C=O) groups is 1. The number of benzene rings is 1. The summed E-state index contributed by atoms with van der Waals surface area (Å²) in [7, 11) is 0. The molecule has 2 rings (SSSR count). The van der Waals surface area contributed by atoms with E-state index in [2.05, 4.69) is 10.6 Å². The Balaban J connectivity index is 1.67. The van der Waals surface area contributed by atoms with Crippen molar-refractivity contribution in [1.29, 1.82) is 0 Å². The van der Waals surface area contributed by atoms with E-state index in [-0.39, 0.29) is 5.91 Å². The van der Waals surface area contributed by atoms with Crippen LogP contribution >= 0.6 is 11.8 Å². The highest BCUT2D eigenvalue weighted by Crippen LogP contribution is 2.34. The second-order valence-corrected chi connectivity index (χ2v) is 5.78. The summed E-state index contributed by atoms with van der Waals surface area (Å²) in [6.45, 7) is 5.67. The molecule has 1 aliphatic heterocycles. The average molecular weight is 310 g/mol. The third-order valence-electron chi connectivity index (χ3n) is 2.99. The third-order valence-corrected chi connectivity index (χ3v) is 3.98. The number of amides is 1. The summed E-state index contributed by atoms with van der Waals surface area (Å²) in [5, 5.41) is 6.06. The number of fused-ring (bicyclic) bond motifs is 1. The highest BCUT2D eigenvalue weighted by Gasteiger charge is 2.12. The molecule has 0 radical (unpaired) electrons. The zero-order chi connectivity index (χ0) is 14.9. The van der Waals surface area contributed by atoms with Crippen molar-refractivity contribution >= 4 is 17.7 Å². The minimum absolute atomic E-state index is 0.0953. The molecule has 1 aromatic rings. The molecule has 0 spiro atoms. The Labute approximate surface area is 129 Å². The van der Waals surface area contributed by atoms with Crippen molar-refractivity contribution in [3.8, 4) is 11.5 Å². The molecule has 1 aromatic carbocycles. The predicted molar refractivity (Wildman–Crippen MR) is 84.3 cm³/mol. The standard InChI is InChI=1S/C15H22N2O3S/c1-2-16-6-7-17-15(18)5-10-21-12-3-4-13-14(11-12)20-9-8-19-13/h3-4,11,16H,2,5-10H2,1H3,(H,17,18). The summed E-state index contributed by atoms with van der Waals surface area (Å²) in [5.41, 5.74) is 0. The fraction of sp³-hybridized carbons (Fsp3) is 0.533. The molecule has 2 N–H and O–H groups in total. The molecule has 0 aromatic heterocycles. The Morgan fingerprint density at radius 1 is 1.24 bits per heavy atom. The molecule has 6 heteroatoms. The van der Waals surface area contributed by atoms with Gasteiger partial charge in [-0.3, -0.25) is 4.79 Å². The highest BCUT2D eigenvalue weighted by molar-refractivity contribution is 7.99. The molecule has 1 amide bonds. The second kappa shape index (κ2) is 8.79. The Bertz CT molecular complexity index is 468. The first-order valence-electron chi connectivity index (χ1n) is 7.29. The van der Waals surface area contributed by atoms with Crippen LogP contribution in [0.3, 0.4) is 0 Å². The van der Waals surface area contributed by atoms with Crippen molar-refractivity contribution in [2.24, 2.45) is 0 Å². The van der Waals surface area contributed by atoms with Gasteiger partial charge in [-0.05, 0) is 24.7 Å². The van der Waals surface area contributed by atoms with Crippen molar-refractivity contribution in [2.45, 2.75) is 18.2 Å². The van der Waals surface area contributed by atoms with Gasteiger partial charge in [-0.2, -0.15) is 0 Å². The van der Waals surface area contributed by atoms with Crippen molar-refractivity contribution in [2.75, 3.05) is 38.6 Å². The lowest BCUT2D eigenvalue weighted by Gasteiger charge is -2.18. The van der Waals surface area contributed by atoms with E-state index >= 15 is 0 Å². The number of likely N-dealkylation sites (N-methyl/N-ethyl adjacent to an activating group) is 1. The maximum atomic E-state index is 11.6. The molecule has 0 fully saturated rings. The Kier molecular flexibility index (Phi) is 6.69. The number of carbonyl (C=O) groups excluding carboxylic acids is 1. The van der Waals surface area contributed by atoms with Crippen LogP contribution < -0.4 is 20.1 Å². The minimum Gasteiger partial charge on any atom is -0.486 e. The van der Waals surface area contributed by atoms with Crippen LogP contribution in [-0.2, 0) is 4.79 Å². The summed E-state index contributed by atoms with van der Waals surface area (Å²) in [4.78, 5) is 12.7. The van der Waals surface area contributed by atoms with E-state index in [1.54, 1.807) is 11.8 Å². The smallest absolute Gasteiger partial charge is 0.220 e. The topological polar surface area (TPSA) is 59.6 Å². The van der Waals surface area contributed by atoms with E-state index in [1.165, 1.54) is 0 Å². The Morgan fingerprint density at radius 2 is 2.05 bits per heavy atom. The maximum absolute atomic E-state index is 11.6. The molecular formula is C15H22N2O3S. The van der Waals surface area contributed by atoms with Crippen LogP contribution in [0.1, 0.15) is 13.3 Å². The molecule has 1 heterocycles. The number of hydrogen-bond acceptors (Lipinski definition) is 5. The number of rotatable bonds is 8. The van der Waals surface area contributed by atoms with E-state index in [4.69, 9.17) is 9.47 Å². The Hall–Kier alpha value is -1.40. The minimum atomic E-state index is 0.0953. The summed E-state index contributed by atoms with van der Waals surface area (Å²) < 4.78 is 11.0. The number of nitrogens with one attached hydrogen (secondary N) is 2. The molecule has 0 saturated carbocycles. The van der Waals surface area contributed by atoms with Crippen LogP contribution in [-0.4, -0.2) is 44.5 Å². The monoisotopic (exact) mass is 310 g/mol. The van der Waals surface area contributed by atoms with E-state index in [9.17, 15) is 4.79 Å². The van der Waals surface area contributed by atoms with Crippen molar-refractivity contribution in [3.63, 3.8) is 0 Å². The maximum Gasteiger partial charge on any atom is 0.220 e. The lowest BCUT2D eigenvalue weighted by Crippen LogP contribution is -2.31. The van der Waals surface area contributed by atoms with E-state index in [0.717, 1.165) is 35.2 Å². The fourth-order valence-electron chi connectivity index (χ4n) is 1.93. The first-order valence-corrected chi connectivity index (χ1v) is 8.28. The van der Waals surface area contributed by atoms with Crippen LogP contribution in [0.5, 0.6) is 11.5 Å². The molecule has 1 aliphatic rings. The van der Waals surface area contributed by atoms with Gasteiger partial charge in [-0.1, -0.05) is 6.92 Å². The van der Waals surface area contributed by atoms with E-state index in [0.29, 0.717) is 26.2 Å². The first-order chi connectivity index (χ1) is 10.3. The quantitative estimate of drug-likeness (QED) is 0.565. The van der Waals surface area contributed by atoms with Gasteiger partial charge >= 0.3 is 0 Å². The van der Waals surface area contributed by atoms with Crippen LogP contribution in [0.2, 0.25) is 0 Å². The van der Waals surface area contributed by atoms with Gasteiger partial charge in [0.15, 0.2) is 11.5 Å². The summed E-state index contributed by atoms with van der Waals surface area (Å²) in [6.07, 6.45) is 0.519. The molecule has 0 unspecified atom stereocenters. The molecule has 5 nitrogen and oxygen atoms in total. The van der Waals surface area contributed by atoms with Gasteiger partial charge in [0.2, 0.25) is 5.91 Å². The zero-order valence-corrected chi connectivity index (χ0v) is 13.1. The van der Waals surface area contributed by atoms with Gasteiger partial charge in [-0.15, -0.1) is 11.8 Å². The van der Waals surface area contributed by atoms with Crippen LogP contribution in [0.4, 0.5) is 0 Å². The number of thioether (sulfide) groups is 1. The molecule has 0 aliphatic carbocycles. The van der Waals surface area contributed by atoms with Gasteiger partial charge in [0.25, 0.3) is 0 Å². The molecular weight excluding hydrogens is 288 g/mol. The first kappa shape index (κ1) is 16.0. The summed E-state index contributed by atoms with van der Waals surface area (Å²) in [5.74, 6) is 2.44. The highest BCUT2D eigenvalue weighted by atomic mass is 32.2. The van der Waals surface area contributed by atoms with Crippen LogP contribution in [0, 0.1) is 0 Å². The van der Waals surface area contributed by atoms with Gasteiger partial charge in [-0.25, -0.2) is 0 Å². The average Bonchev–Trinajstić information content (AvgIpc) is 2.51. The van der Waals surface area contributed by atoms with Crippen molar-refractivity contribution in [3.05, 3.63) is 18.2 Å². The van der Waals surface area contributed by atoms with Gasteiger partial charge in [0, 0.05) is 30.2 Å². The normalized spacial score (nSPS) is 13.0. The van der Waals surface area contributed by atoms with E-state index in [1.807, 2.05) is 25.1 Å². The zero-order valence-electron chi connectivity index (χ0n) is 12.3. The molecule has 0 bridgehead atoms. The Morgan fingerprint density at radius 3 is 2.86 bits per heavy atom. The predicted octanol–water partition coefficient (Wildman–Crippen LogP) is 1.67. The van der Waals surface area contributed by atoms with Gasteiger partial charge < -0.3 is 20.1 Å². The second-order valence-electron chi connectivity index (χ2n) is 4.61. The molecule has 0 saturated heterocycles. The summed E-state index contributed by atoms with van der Waals surface area (Å²) >= 11 is 1.65. The lowest BCUT2D eigenvalue weighted by atomic mass is 10.3. The number of hydrogen-bond donors (Lipinski definition) is 2. The van der Waals surface area contributed by atoms with Gasteiger partial charge in [0.05, 0.1) is 0 Å². The summed E-state index contributed by atoms with van der Waals surface area (Å²) in [6, 6.07) is 5.90. The van der Waals surface area contributed by atoms with Crippen molar-refractivity contribution < 1.29 is 14.3 Å². The molecule has 0 atom stereocenters. The van der Waals surface area contributed by atoms with Crippen LogP contribution in [0.15, 0.2) is 23.1 Å². The largest absolute Gasteiger partial charge is 0.486 e. The van der Waals surface area contributed by atoms with Crippen molar-refractivity contribution in [1.82, 2.24) is 10.6 Å². The molecule has 21 heavy (non-hydrogen) atoms. The molecule has 116 valence electrons. The van der Waals surface area contributed by atoms with Gasteiger partial charge in [0.1, 0.15) is 13.2 Å². The fourth-order valence-corrected chi connectivity index (χ4v) is 2.81. The lowest BCUT2D eigenvalue weighted by molar-refractivity contribution is -0.120. The number of ether oxygens (including phenoxy) is 2. The van der Waals surface area contributed by atoms with E-state index < -0.39 is 0 Å². The third kappa shape index (κ3) is 5.47. The van der Waals surface area contributed by atoms with Crippen LogP contribution in [0.25, 0.3) is 0 Å². The SMILES string of the molecule is CCNCCNC(=O)CCSc1ccc2c(c1)OCCO2.